The summed E-state index contributed by atoms with van der Waals surface area (Å²) in [6.45, 7) is 3.73. The average molecular weight is 342 g/mol. The molecule has 0 amide bonds. The van der Waals surface area contributed by atoms with Gasteiger partial charge >= 0.3 is 13.8 Å². The minimum Gasteiger partial charge on any atom is -0.469 e. The van der Waals surface area contributed by atoms with Gasteiger partial charge in [0.2, 0.25) is 0 Å². The number of phosphoric ester groups is 1. The smallest absolute Gasteiger partial charge is 0.469 e. The lowest BCUT2D eigenvalue weighted by molar-refractivity contribution is -0.142. The lowest BCUT2D eigenvalue weighted by Gasteiger charge is -2.23. The Bertz CT molecular complexity index is 625. The van der Waals surface area contributed by atoms with Gasteiger partial charge in [0.05, 0.1) is 13.0 Å². The quantitative estimate of drug-likeness (QED) is 0.602. The standard InChI is InChI=1S/C16H23O6P/c1-10(12-8-9-12)13-6-5-7-14(11(2)16(17)20-3)15(13)22-23(18,19)21-4/h5-7,10-12H,8-9H2,1-4H3,(H,18,19). The summed E-state index contributed by atoms with van der Waals surface area (Å²) >= 11 is 0. The van der Waals surface area contributed by atoms with Crippen LogP contribution in [0.4, 0.5) is 0 Å². The zero-order valence-electron chi connectivity index (χ0n) is 13.8. The van der Waals surface area contributed by atoms with E-state index in [9.17, 15) is 14.3 Å². The van der Waals surface area contributed by atoms with Crippen LogP contribution < -0.4 is 4.52 Å². The molecule has 1 aliphatic carbocycles. The van der Waals surface area contributed by atoms with Crippen molar-refractivity contribution in [3.05, 3.63) is 29.3 Å². The van der Waals surface area contributed by atoms with E-state index in [2.05, 4.69) is 11.4 Å². The van der Waals surface area contributed by atoms with E-state index in [-0.39, 0.29) is 11.7 Å². The Hall–Kier alpha value is -1.36. The van der Waals surface area contributed by atoms with Crippen LogP contribution in [0, 0.1) is 5.92 Å². The SMILES string of the molecule is COC(=O)C(C)c1cccc(C(C)C2CC2)c1OP(=O)(O)OC. The largest absolute Gasteiger partial charge is 0.527 e. The van der Waals surface area contributed by atoms with Crippen molar-refractivity contribution >= 4 is 13.8 Å². The Morgan fingerprint density at radius 1 is 1.26 bits per heavy atom. The summed E-state index contributed by atoms with van der Waals surface area (Å²) in [4.78, 5) is 21.6. The molecule has 0 spiro atoms. The van der Waals surface area contributed by atoms with Crippen LogP contribution in [0.15, 0.2) is 18.2 Å². The van der Waals surface area contributed by atoms with Crippen molar-refractivity contribution in [2.45, 2.75) is 38.5 Å². The second-order valence-electron chi connectivity index (χ2n) is 5.88. The zero-order valence-corrected chi connectivity index (χ0v) is 14.7. The van der Waals surface area contributed by atoms with Gasteiger partial charge in [0, 0.05) is 12.7 Å². The molecule has 2 rings (SSSR count). The molecule has 0 heterocycles. The molecule has 128 valence electrons. The highest BCUT2D eigenvalue weighted by molar-refractivity contribution is 7.47. The van der Waals surface area contributed by atoms with Gasteiger partial charge in [0.1, 0.15) is 5.75 Å². The fraction of sp³-hybridized carbons (Fsp3) is 0.562. The van der Waals surface area contributed by atoms with Crippen LogP contribution in [0.5, 0.6) is 5.75 Å². The van der Waals surface area contributed by atoms with Gasteiger partial charge in [0.15, 0.2) is 0 Å². The van der Waals surface area contributed by atoms with Gasteiger partial charge in [-0.1, -0.05) is 25.1 Å². The Morgan fingerprint density at radius 2 is 1.87 bits per heavy atom. The predicted octanol–water partition coefficient (Wildman–Crippen LogP) is 3.60. The fourth-order valence-electron chi connectivity index (χ4n) is 2.68. The maximum atomic E-state index is 11.9. The van der Waals surface area contributed by atoms with E-state index < -0.39 is 19.7 Å². The highest BCUT2D eigenvalue weighted by Crippen LogP contribution is 2.51. The van der Waals surface area contributed by atoms with Gasteiger partial charge in [-0.3, -0.25) is 14.2 Å². The molecule has 3 unspecified atom stereocenters. The second-order valence-corrected chi connectivity index (χ2v) is 7.36. The molecule has 1 N–H and O–H groups in total. The summed E-state index contributed by atoms with van der Waals surface area (Å²) in [5.41, 5.74) is 1.33. The average Bonchev–Trinajstić information content (AvgIpc) is 3.37. The summed E-state index contributed by atoms with van der Waals surface area (Å²) in [5.74, 6) is -0.0970. The molecule has 6 nitrogen and oxygen atoms in total. The Morgan fingerprint density at radius 3 is 2.39 bits per heavy atom. The van der Waals surface area contributed by atoms with Crippen LogP contribution in [0.2, 0.25) is 0 Å². The molecule has 0 aliphatic heterocycles. The van der Waals surface area contributed by atoms with Crippen LogP contribution in [0.3, 0.4) is 0 Å². The third-order valence-corrected chi connectivity index (χ3v) is 5.23. The molecule has 1 aromatic rings. The van der Waals surface area contributed by atoms with Crippen molar-refractivity contribution in [2.75, 3.05) is 14.2 Å². The maximum Gasteiger partial charge on any atom is 0.527 e. The van der Waals surface area contributed by atoms with Crippen molar-refractivity contribution in [1.82, 2.24) is 0 Å². The number of phosphoric acid groups is 1. The Labute approximate surface area is 136 Å². The number of rotatable bonds is 7. The summed E-state index contributed by atoms with van der Waals surface area (Å²) in [7, 11) is -1.81. The molecule has 0 aromatic heterocycles. The molecule has 0 bridgehead atoms. The number of ether oxygens (including phenoxy) is 1. The van der Waals surface area contributed by atoms with Crippen LogP contribution in [0.1, 0.15) is 49.7 Å². The molecule has 1 aliphatic rings. The molecule has 1 saturated carbocycles. The third-order valence-electron chi connectivity index (χ3n) is 4.35. The number of carbonyl (C=O) groups excluding carboxylic acids is 1. The molecule has 0 radical (unpaired) electrons. The molecular formula is C16H23O6P. The highest BCUT2D eigenvalue weighted by Gasteiger charge is 2.34. The first kappa shape index (κ1) is 18.0. The van der Waals surface area contributed by atoms with Crippen LogP contribution in [-0.2, 0) is 18.6 Å². The summed E-state index contributed by atoms with van der Waals surface area (Å²) in [6, 6.07) is 5.39. The van der Waals surface area contributed by atoms with E-state index in [1.165, 1.54) is 7.11 Å². The van der Waals surface area contributed by atoms with E-state index in [0.717, 1.165) is 25.5 Å². The number of benzene rings is 1. The predicted molar refractivity (Wildman–Crippen MR) is 85.5 cm³/mol. The summed E-state index contributed by atoms with van der Waals surface area (Å²) in [6.07, 6.45) is 2.25. The molecule has 1 aromatic carbocycles. The van der Waals surface area contributed by atoms with Gasteiger partial charge in [-0.2, -0.15) is 0 Å². The van der Waals surface area contributed by atoms with E-state index in [1.54, 1.807) is 13.0 Å². The van der Waals surface area contributed by atoms with Gasteiger partial charge in [-0.25, -0.2) is 4.57 Å². The topological polar surface area (TPSA) is 82.1 Å². The Kier molecular flexibility index (Phi) is 5.50. The first-order valence-electron chi connectivity index (χ1n) is 7.59. The molecule has 7 heteroatoms. The van der Waals surface area contributed by atoms with Crippen LogP contribution >= 0.6 is 7.82 Å². The van der Waals surface area contributed by atoms with Crippen molar-refractivity contribution < 1.29 is 28.0 Å². The normalized spacial score (nSPS) is 19.5. The number of esters is 1. The molecule has 0 saturated heterocycles. The van der Waals surface area contributed by atoms with E-state index in [1.807, 2.05) is 12.1 Å². The van der Waals surface area contributed by atoms with Gasteiger partial charge < -0.3 is 9.26 Å². The van der Waals surface area contributed by atoms with Gasteiger partial charge in [-0.15, -0.1) is 0 Å². The number of carbonyl (C=O) groups is 1. The minimum atomic E-state index is -4.23. The van der Waals surface area contributed by atoms with Crippen molar-refractivity contribution in [2.24, 2.45) is 5.92 Å². The minimum absolute atomic E-state index is 0.173. The lowest BCUT2D eigenvalue weighted by atomic mass is 9.90. The molecular weight excluding hydrogens is 319 g/mol. The molecule has 23 heavy (non-hydrogen) atoms. The second kappa shape index (κ2) is 7.04. The van der Waals surface area contributed by atoms with Crippen LogP contribution in [-0.4, -0.2) is 25.1 Å². The first-order valence-corrected chi connectivity index (χ1v) is 9.09. The molecule has 3 atom stereocenters. The van der Waals surface area contributed by atoms with Crippen molar-refractivity contribution in [3.63, 3.8) is 0 Å². The number of para-hydroxylation sites is 1. The van der Waals surface area contributed by atoms with Crippen molar-refractivity contribution in [3.8, 4) is 5.75 Å². The van der Waals surface area contributed by atoms with Crippen LogP contribution in [0.25, 0.3) is 0 Å². The number of hydrogen-bond donors (Lipinski definition) is 1. The summed E-state index contributed by atoms with van der Waals surface area (Å²) in [5, 5.41) is 0. The van der Waals surface area contributed by atoms with Crippen molar-refractivity contribution in [1.29, 1.82) is 0 Å². The Balaban J connectivity index is 2.50. The first-order chi connectivity index (χ1) is 10.8. The van der Waals surface area contributed by atoms with E-state index in [4.69, 9.17) is 9.26 Å². The monoisotopic (exact) mass is 342 g/mol. The number of methoxy groups -OCH3 is 1. The molecule has 1 fully saturated rings. The summed E-state index contributed by atoms with van der Waals surface area (Å²) < 4.78 is 26.6. The third kappa shape index (κ3) is 4.14. The van der Waals surface area contributed by atoms with E-state index in [0.29, 0.717) is 11.5 Å². The fourth-order valence-corrected chi connectivity index (χ4v) is 3.20. The number of hydrogen-bond acceptors (Lipinski definition) is 5. The zero-order chi connectivity index (χ0) is 17.2. The highest BCUT2D eigenvalue weighted by atomic mass is 31.2. The lowest BCUT2D eigenvalue weighted by Crippen LogP contribution is -2.14. The van der Waals surface area contributed by atoms with E-state index >= 15 is 0 Å². The van der Waals surface area contributed by atoms with Gasteiger partial charge in [0.25, 0.3) is 0 Å². The van der Waals surface area contributed by atoms with Gasteiger partial charge in [-0.05, 0) is 37.2 Å². The maximum absolute atomic E-state index is 11.9.